The lowest BCUT2D eigenvalue weighted by Gasteiger charge is -2.19. The number of hydrogen-bond acceptors (Lipinski definition) is 1. The molecule has 0 amide bonds. The quantitative estimate of drug-likeness (QED) is 0.546. The van der Waals surface area contributed by atoms with Crippen molar-refractivity contribution in [2.75, 3.05) is 0 Å². The van der Waals surface area contributed by atoms with Crippen LogP contribution in [0.15, 0.2) is 18.2 Å². The summed E-state index contributed by atoms with van der Waals surface area (Å²) in [5.74, 6) is 1.07. The Morgan fingerprint density at radius 1 is 0.947 bits per heavy atom. The van der Waals surface area contributed by atoms with Gasteiger partial charge in [-0.25, -0.2) is 0 Å². The van der Waals surface area contributed by atoms with Crippen molar-refractivity contribution in [3.63, 3.8) is 0 Å². The van der Waals surface area contributed by atoms with E-state index in [0.29, 0.717) is 11.7 Å². The zero-order valence-electron chi connectivity index (χ0n) is 12.9. The Labute approximate surface area is 119 Å². The van der Waals surface area contributed by atoms with Crippen LogP contribution in [0.1, 0.15) is 82.3 Å². The molecule has 1 aromatic rings. The van der Waals surface area contributed by atoms with Crippen molar-refractivity contribution in [1.29, 1.82) is 0 Å². The second kappa shape index (κ2) is 9.01. The first-order chi connectivity index (χ1) is 9.20. The van der Waals surface area contributed by atoms with Crippen LogP contribution in [0.4, 0.5) is 0 Å². The summed E-state index contributed by atoms with van der Waals surface area (Å²) in [5.41, 5.74) is 2.18. The van der Waals surface area contributed by atoms with Crippen LogP contribution in [0.3, 0.4) is 0 Å². The summed E-state index contributed by atoms with van der Waals surface area (Å²) in [6.07, 6.45) is 10.2. The van der Waals surface area contributed by atoms with Crippen LogP contribution >= 0.6 is 0 Å². The van der Waals surface area contributed by atoms with Crippen molar-refractivity contribution < 1.29 is 5.11 Å². The molecule has 0 bridgehead atoms. The largest absolute Gasteiger partial charge is 0.507 e. The van der Waals surface area contributed by atoms with Crippen molar-refractivity contribution in [2.45, 2.75) is 78.1 Å². The Balaban J connectivity index is 2.69. The van der Waals surface area contributed by atoms with E-state index >= 15 is 0 Å². The molecule has 0 radical (unpaired) electrons. The van der Waals surface area contributed by atoms with Gasteiger partial charge in [-0.2, -0.15) is 0 Å². The summed E-state index contributed by atoms with van der Waals surface area (Å²) < 4.78 is 0. The molecule has 1 N–H and O–H groups in total. The van der Waals surface area contributed by atoms with Gasteiger partial charge in [0.25, 0.3) is 0 Å². The van der Waals surface area contributed by atoms with Gasteiger partial charge in [-0.05, 0) is 36.8 Å². The molecule has 1 unspecified atom stereocenters. The molecule has 0 heterocycles. The zero-order valence-corrected chi connectivity index (χ0v) is 12.9. The van der Waals surface area contributed by atoms with Crippen molar-refractivity contribution in [3.8, 4) is 5.75 Å². The number of benzene rings is 1. The van der Waals surface area contributed by atoms with Gasteiger partial charge in [0.15, 0.2) is 0 Å². The minimum absolute atomic E-state index is 0.527. The van der Waals surface area contributed by atoms with E-state index < -0.39 is 0 Å². The number of phenolic OH excluding ortho intramolecular Hbond substituents is 1. The predicted octanol–water partition coefficient (Wildman–Crippen LogP) is 5.94. The Kier molecular flexibility index (Phi) is 7.62. The summed E-state index contributed by atoms with van der Waals surface area (Å²) in [6.45, 7) is 6.48. The highest BCUT2D eigenvalue weighted by molar-refractivity contribution is 5.41. The van der Waals surface area contributed by atoms with Crippen molar-refractivity contribution in [1.82, 2.24) is 0 Å². The van der Waals surface area contributed by atoms with Gasteiger partial charge < -0.3 is 5.11 Å². The molecule has 1 nitrogen and oxygen atoms in total. The fraction of sp³-hybridized carbons (Fsp3) is 0.667. The highest BCUT2D eigenvalue weighted by atomic mass is 16.3. The van der Waals surface area contributed by atoms with Crippen LogP contribution in [-0.4, -0.2) is 5.11 Å². The maximum absolute atomic E-state index is 10.3. The van der Waals surface area contributed by atoms with E-state index in [2.05, 4.69) is 26.0 Å². The standard InChI is InChI=1S/C18H30O/c1-4-6-8-9-13-16(12-7-5-2)17-14-10-11-15(3)18(17)19/h10-11,14,16,19H,4-9,12-13H2,1-3H3. The lowest BCUT2D eigenvalue weighted by molar-refractivity contribution is 0.439. The normalized spacial score (nSPS) is 12.6. The number of hydrogen-bond donors (Lipinski definition) is 1. The first kappa shape index (κ1) is 16.1. The van der Waals surface area contributed by atoms with Crippen LogP contribution in [0.25, 0.3) is 0 Å². The zero-order chi connectivity index (χ0) is 14.1. The highest BCUT2D eigenvalue weighted by Crippen LogP contribution is 2.35. The van der Waals surface area contributed by atoms with E-state index in [1.165, 1.54) is 56.9 Å². The fourth-order valence-electron chi connectivity index (χ4n) is 2.73. The second-order valence-corrected chi connectivity index (χ2v) is 5.70. The molecule has 0 aliphatic heterocycles. The molecular formula is C18H30O. The Bertz CT molecular complexity index is 357. The number of unbranched alkanes of at least 4 members (excludes halogenated alkanes) is 4. The monoisotopic (exact) mass is 262 g/mol. The van der Waals surface area contributed by atoms with Crippen LogP contribution in [0.5, 0.6) is 5.75 Å². The lowest BCUT2D eigenvalue weighted by Crippen LogP contribution is -2.01. The van der Waals surface area contributed by atoms with Crippen LogP contribution < -0.4 is 0 Å². The Morgan fingerprint density at radius 3 is 2.32 bits per heavy atom. The number of aryl methyl sites for hydroxylation is 1. The molecule has 1 rings (SSSR count). The third-order valence-electron chi connectivity index (χ3n) is 4.02. The van der Waals surface area contributed by atoms with Gasteiger partial charge in [0.1, 0.15) is 5.75 Å². The highest BCUT2D eigenvalue weighted by Gasteiger charge is 2.15. The fourth-order valence-corrected chi connectivity index (χ4v) is 2.73. The molecule has 0 aliphatic carbocycles. The SMILES string of the molecule is CCCCCCC(CCCC)c1cccc(C)c1O. The molecular weight excluding hydrogens is 232 g/mol. The van der Waals surface area contributed by atoms with Gasteiger partial charge in [-0.1, -0.05) is 70.6 Å². The number of para-hydroxylation sites is 1. The first-order valence-electron chi connectivity index (χ1n) is 7.99. The average Bonchev–Trinajstić information content (AvgIpc) is 2.42. The average molecular weight is 262 g/mol. The molecule has 1 aromatic carbocycles. The summed E-state index contributed by atoms with van der Waals surface area (Å²) in [5, 5.41) is 10.3. The second-order valence-electron chi connectivity index (χ2n) is 5.70. The maximum Gasteiger partial charge on any atom is 0.121 e. The van der Waals surface area contributed by atoms with Gasteiger partial charge in [0, 0.05) is 0 Å². The summed E-state index contributed by atoms with van der Waals surface area (Å²) in [7, 11) is 0. The van der Waals surface area contributed by atoms with Gasteiger partial charge in [-0.15, -0.1) is 0 Å². The Morgan fingerprint density at radius 2 is 1.63 bits per heavy atom. The third kappa shape index (κ3) is 5.26. The minimum atomic E-state index is 0.527. The molecule has 108 valence electrons. The molecule has 1 heteroatoms. The molecule has 0 spiro atoms. The van der Waals surface area contributed by atoms with Crippen LogP contribution in [-0.2, 0) is 0 Å². The van der Waals surface area contributed by atoms with E-state index in [1.807, 2.05) is 13.0 Å². The molecule has 0 saturated carbocycles. The topological polar surface area (TPSA) is 20.2 Å². The van der Waals surface area contributed by atoms with E-state index in [4.69, 9.17) is 0 Å². The van der Waals surface area contributed by atoms with Gasteiger partial charge in [0.2, 0.25) is 0 Å². The molecule has 19 heavy (non-hydrogen) atoms. The number of rotatable bonds is 9. The molecule has 0 aromatic heterocycles. The minimum Gasteiger partial charge on any atom is -0.507 e. The van der Waals surface area contributed by atoms with E-state index in [1.54, 1.807) is 0 Å². The van der Waals surface area contributed by atoms with Gasteiger partial charge in [0.05, 0.1) is 0 Å². The van der Waals surface area contributed by atoms with Crippen molar-refractivity contribution >= 4 is 0 Å². The smallest absolute Gasteiger partial charge is 0.121 e. The van der Waals surface area contributed by atoms with E-state index in [0.717, 1.165) is 5.56 Å². The Hall–Kier alpha value is -0.980. The van der Waals surface area contributed by atoms with Gasteiger partial charge in [-0.3, -0.25) is 0 Å². The summed E-state index contributed by atoms with van der Waals surface area (Å²) in [6, 6.07) is 6.19. The van der Waals surface area contributed by atoms with E-state index in [-0.39, 0.29) is 0 Å². The number of phenols is 1. The van der Waals surface area contributed by atoms with Crippen LogP contribution in [0, 0.1) is 6.92 Å². The van der Waals surface area contributed by atoms with E-state index in [9.17, 15) is 5.11 Å². The lowest BCUT2D eigenvalue weighted by atomic mass is 9.87. The van der Waals surface area contributed by atoms with Crippen molar-refractivity contribution in [2.24, 2.45) is 0 Å². The summed E-state index contributed by atoms with van der Waals surface area (Å²) in [4.78, 5) is 0. The predicted molar refractivity (Wildman–Crippen MR) is 83.9 cm³/mol. The molecule has 0 fully saturated rings. The summed E-state index contributed by atoms with van der Waals surface area (Å²) >= 11 is 0. The first-order valence-corrected chi connectivity index (χ1v) is 7.99. The maximum atomic E-state index is 10.3. The van der Waals surface area contributed by atoms with Gasteiger partial charge >= 0.3 is 0 Å². The third-order valence-corrected chi connectivity index (χ3v) is 4.02. The molecule has 0 aliphatic rings. The molecule has 1 atom stereocenters. The van der Waals surface area contributed by atoms with Crippen molar-refractivity contribution in [3.05, 3.63) is 29.3 Å². The number of aromatic hydroxyl groups is 1. The van der Waals surface area contributed by atoms with Crippen LogP contribution in [0.2, 0.25) is 0 Å². The molecule has 0 saturated heterocycles.